The molecule has 1 aliphatic rings. The number of rotatable bonds is 9. The number of carbonyl (C=O) groups excluding carboxylic acids is 1. The number of unbranched alkanes of at least 4 members (excludes halogenated alkanes) is 6. The van der Waals surface area contributed by atoms with Gasteiger partial charge >= 0.3 is 12.1 Å². The first-order valence-corrected chi connectivity index (χ1v) is 7.38. The topological polar surface area (TPSA) is 72.8 Å². The van der Waals surface area contributed by atoms with Crippen molar-refractivity contribution in [2.75, 3.05) is 0 Å². The molecule has 0 saturated heterocycles. The van der Waals surface area contributed by atoms with Crippen molar-refractivity contribution in [2.24, 2.45) is 0 Å². The van der Waals surface area contributed by atoms with Crippen LogP contribution in [-0.2, 0) is 14.3 Å². The lowest BCUT2D eigenvalue weighted by molar-refractivity contribution is -0.140. The van der Waals surface area contributed by atoms with Crippen LogP contribution in [0.4, 0.5) is 4.79 Å². The van der Waals surface area contributed by atoms with Crippen LogP contribution in [0.5, 0.6) is 0 Å². The molecule has 0 fully saturated rings. The zero-order valence-corrected chi connectivity index (χ0v) is 12.3. The third-order valence-electron chi connectivity index (χ3n) is 3.48. The number of hydrogen-bond donors (Lipinski definition) is 1. The van der Waals surface area contributed by atoms with Gasteiger partial charge in [-0.2, -0.15) is 0 Å². The van der Waals surface area contributed by atoms with Crippen molar-refractivity contribution < 1.29 is 24.2 Å². The molecular formula is C15H24O5. The Bertz CT molecular complexity index is 372. The van der Waals surface area contributed by atoms with Crippen molar-refractivity contribution >= 4 is 12.1 Å². The normalized spacial score (nSPS) is 18.3. The molecule has 5 nitrogen and oxygen atoms in total. The molecule has 1 rings (SSSR count). The van der Waals surface area contributed by atoms with Crippen LogP contribution in [0.3, 0.4) is 0 Å². The summed E-state index contributed by atoms with van der Waals surface area (Å²) in [4.78, 5) is 22.0. The molecule has 0 amide bonds. The Kier molecular flexibility index (Phi) is 7.12. The molecule has 0 aromatic heterocycles. The molecule has 114 valence electrons. The fourth-order valence-electron chi connectivity index (χ4n) is 2.33. The van der Waals surface area contributed by atoms with Crippen molar-refractivity contribution in [2.45, 2.75) is 71.3 Å². The van der Waals surface area contributed by atoms with Crippen LogP contribution in [0.25, 0.3) is 0 Å². The second kappa shape index (κ2) is 8.61. The van der Waals surface area contributed by atoms with Crippen LogP contribution in [0.2, 0.25) is 0 Å². The highest BCUT2D eigenvalue weighted by Gasteiger charge is 2.34. The number of carbonyl (C=O) groups is 2. The first kappa shape index (κ1) is 16.5. The molecule has 0 saturated carbocycles. The Morgan fingerprint density at radius 2 is 1.80 bits per heavy atom. The van der Waals surface area contributed by atoms with Crippen LogP contribution in [0, 0.1) is 0 Å². The Labute approximate surface area is 119 Å². The van der Waals surface area contributed by atoms with Crippen LogP contribution < -0.4 is 0 Å². The van der Waals surface area contributed by atoms with E-state index in [-0.39, 0.29) is 11.3 Å². The Balaban J connectivity index is 2.29. The van der Waals surface area contributed by atoms with E-state index in [1.54, 1.807) is 0 Å². The molecule has 20 heavy (non-hydrogen) atoms. The molecule has 1 aliphatic heterocycles. The largest absolute Gasteiger partial charge is 0.511 e. The number of carboxylic acid groups (broad SMARTS) is 1. The molecule has 0 spiro atoms. The van der Waals surface area contributed by atoms with Crippen LogP contribution in [-0.4, -0.2) is 23.3 Å². The van der Waals surface area contributed by atoms with Gasteiger partial charge in [-0.25, -0.2) is 9.59 Å². The predicted molar refractivity (Wildman–Crippen MR) is 74.3 cm³/mol. The molecule has 1 heterocycles. The smallest absolute Gasteiger partial charge is 0.451 e. The first-order chi connectivity index (χ1) is 9.56. The number of cyclic esters (lactones) is 1. The van der Waals surface area contributed by atoms with Gasteiger partial charge in [-0.05, 0) is 19.8 Å². The highest BCUT2D eigenvalue weighted by molar-refractivity contribution is 5.91. The highest BCUT2D eigenvalue weighted by atomic mass is 16.7. The van der Waals surface area contributed by atoms with Gasteiger partial charge in [0.25, 0.3) is 0 Å². The third-order valence-corrected chi connectivity index (χ3v) is 3.48. The summed E-state index contributed by atoms with van der Waals surface area (Å²) in [6.07, 6.45) is 6.83. The van der Waals surface area contributed by atoms with Crippen molar-refractivity contribution in [1.82, 2.24) is 0 Å². The first-order valence-electron chi connectivity index (χ1n) is 7.38. The molecular weight excluding hydrogens is 260 g/mol. The molecule has 0 aromatic carbocycles. The maximum absolute atomic E-state index is 11.4. The second-order valence-corrected chi connectivity index (χ2v) is 5.16. The standard InChI is InChI=1S/C15H24O5/c1-3-4-5-6-7-8-9-10-12-13(20-15(17)18)11(2)14(16)19-12/h12H,3-10H2,1-2H3,(H,17,18). The number of hydrogen-bond acceptors (Lipinski definition) is 4. The minimum atomic E-state index is -1.40. The summed E-state index contributed by atoms with van der Waals surface area (Å²) >= 11 is 0. The van der Waals surface area contributed by atoms with E-state index in [4.69, 9.17) is 9.84 Å². The molecule has 0 bridgehead atoms. The summed E-state index contributed by atoms with van der Waals surface area (Å²) in [5.74, 6) is -0.317. The van der Waals surface area contributed by atoms with E-state index in [9.17, 15) is 9.59 Å². The highest BCUT2D eigenvalue weighted by Crippen LogP contribution is 2.27. The van der Waals surface area contributed by atoms with Crippen molar-refractivity contribution in [3.63, 3.8) is 0 Å². The second-order valence-electron chi connectivity index (χ2n) is 5.16. The van der Waals surface area contributed by atoms with Gasteiger partial charge < -0.3 is 14.6 Å². The van der Waals surface area contributed by atoms with Gasteiger partial charge in [-0.1, -0.05) is 45.4 Å². The van der Waals surface area contributed by atoms with Gasteiger partial charge in [0.2, 0.25) is 0 Å². The summed E-state index contributed by atoms with van der Waals surface area (Å²) in [5.41, 5.74) is 0.264. The summed E-state index contributed by atoms with van der Waals surface area (Å²) in [7, 11) is 0. The van der Waals surface area contributed by atoms with Gasteiger partial charge in [-0.15, -0.1) is 0 Å². The fraction of sp³-hybridized carbons (Fsp3) is 0.733. The molecule has 0 aliphatic carbocycles. The Morgan fingerprint density at radius 3 is 2.40 bits per heavy atom. The average molecular weight is 284 g/mol. The molecule has 1 unspecified atom stereocenters. The van der Waals surface area contributed by atoms with E-state index in [1.165, 1.54) is 39.0 Å². The SMILES string of the molecule is CCCCCCCCCC1OC(=O)C(C)=C1OC(=O)O. The summed E-state index contributed by atoms with van der Waals surface area (Å²) in [5, 5.41) is 8.66. The van der Waals surface area contributed by atoms with Crippen LogP contribution >= 0.6 is 0 Å². The van der Waals surface area contributed by atoms with Gasteiger partial charge in [0.05, 0.1) is 5.57 Å². The van der Waals surface area contributed by atoms with Gasteiger partial charge in [0.1, 0.15) is 0 Å². The quantitative estimate of drug-likeness (QED) is 0.511. The lowest BCUT2D eigenvalue weighted by Gasteiger charge is -2.12. The lowest BCUT2D eigenvalue weighted by Crippen LogP contribution is -2.15. The van der Waals surface area contributed by atoms with E-state index >= 15 is 0 Å². The van der Waals surface area contributed by atoms with E-state index in [0.29, 0.717) is 6.42 Å². The molecule has 0 radical (unpaired) electrons. The van der Waals surface area contributed by atoms with Crippen molar-refractivity contribution in [1.29, 1.82) is 0 Å². The summed E-state index contributed by atoms with van der Waals surface area (Å²) in [6.45, 7) is 3.72. The zero-order chi connectivity index (χ0) is 15.0. The summed E-state index contributed by atoms with van der Waals surface area (Å²) in [6, 6.07) is 0. The van der Waals surface area contributed by atoms with Gasteiger partial charge in [0.15, 0.2) is 11.9 Å². The molecule has 1 atom stereocenters. The minimum absolute atomic E-state index is 0.161. The molecule has 0 aromatic rings. The Hall–Kier alpha value is -1.52. The third kappa shape index (κ3) is 5.23. The van der Waals surface area contributed by atoms with E-state index in [2.05, 4.69) is 11.7 Å². The van der Waals surface area contributed by atoms with Gasteiger partial charge in [0, 0.05) is 0 Å². The van der Waals surface area contributed by atoms with Crippen LogP contribution in [0.1, 0.15) is 65.2 Å². The lowest BCUT2D eigenvalue weighted by atomic mass is 10.1. The molecule has 5 heteroatoms. The van der Waals surface area contributed by atoms with E-state index in [1.807, 2.05) is 0 Å². The fourth-order valence-corrected chi connectivity index (χ4v) is 2.33. The number of ether oxygens (including phenoxy) is 2. The maximum atomic E-state index is 11.4. The zero-order valence-electron chi connectivity index (χ0n) is 12.3. The Morgan fingerprint density at radius 1 is 1.20 bits per heavy atom. The minimum Gasteiger partial charge on any atom is -0.451 e. The van der Waals surface area contributed by atoms with Gasteiger partial charge in [-0.3, -0.25) is 0 Å². The molecule has 1 N–H and O–H groups in total. The monoisotopic (exact) mass is 284 g/mol. The predicted octanol–water partition coefficient (Wildman–Crippen LogP) is 4.02. The summed E-state index contributed by atoms with van der Waals surface area (Å²) < 4.78 is 9.80. The van der Waals surface area contributed by atoms with E-state index in [0.717, 1.165) is 12.8 Å². The van der Waals surface area contributed by atoms with Crippen LogP contribution in [0.15, 0.2) is 11.3 Å². The van der Waals surface area contributed by atoms with Crippen molar-refractivity contribution in [3.8, 4) is 0 Å². The van der Waals surface area contributed by atoms with Crippen molar-refractivity contribution in [3.05, 3.63) is 11.3 Å². The maximum Gasteiger partial charge on any atom is 0.511 e. The van der Waals surface area contributed by atoms with E-state index < -0.39 is 18.2 Å². The average Bonchev–Trinajstić information content (AvgIpc) is 2.65. The number of esters is 1.